The molecule has 7 heteroatoms. The molecule has 1 aromatic heterocycles. The van der Waals surface area contributed by atoms with Crippen LogP contribution in [0.15, 0.2) is 59.6 Å². The third kappa shape index (κ3) is 2.79. The number of carbonyl (C=O) groups excluding carboxylic acids is 1. The maximum absolute atomic E-state index is 13.0. The van der Waals surface area contributed by atoms with E-state index in [0.717, 1.165) is 18.8 Å². The molecule has 0 bridgehead atoms. The highest BCUT2D eigenvalue weighted by Crippen LogP contribution is 2.29. The minimum absolute atomic E-state index is 0.187. The first kappa shape index (κ1) is 16.8. The minimum Gasteiger partial charge on any atom is -0.378 e. The number of rotatable bonds is 4. The Bertz CT molecular complexity index is 1050. The molecule has 0 aliphatic carbocycles. The predicted molar refractivity (Wildman–Crippen MR) is 99.4 cm³/mol. The largest absolute Gasteiger partial charge is 0.378 e. The summed E-state index contributed by atoms with van der Waals surface area (Å²) in [5, 5.41) is 0.628. The Labute approximate surface area is 151 Å². The van der Waals surface area contributed by atoms with E-state index in [1.54, 1.807) is 36.4 Å². The molecule has 4 rings (SSSR count). The van der Waals surface area contributed by atoms with Crippen LogP contribution in [0.1, 0.15) is 10.4 Å². The van der Waals surface area contributed by atoms with Crippen molar-refractivity contribution in [1.82, 2.24) is 3.97 Å². The Kier molecular flexibility index (Phi) is 4.26. The van der Waals surface area contributed by atoms with Crippen LogP contribution in [0.2, 0.25) is 0 Å². The van der Waals surface area contributed by atoms with Gasteiger partial charge in [0, 0.05) is 35.9 Å². The molecule has 0 saturated carbocycles. The van der Waals surface area contributed by atoms with Gasteiger partial charge < -0.3 is 9.64 Å². The maximum Gasteiger partial charge on any atom is 0.268 e. The number of benzene rings is 2. The van der Waals surface area contributed by atoms with Crippen LogP contribution in [0.4, 0.5) is 5.69 Å². The quantitative estimate of drug-likeness (QED) is 0.660. The fourth-order valence-electron chi connectivity index (χ4n) is 3.23. The van der Waals surface area contributed by atoms with Gasteiger partial charge in [-0.15, -0.1) is 0 Å². The van der Waals surface area contributed by atoms with Gasteiger partial charge in [0.1, 0.15) is 0 Å². The van der Waals surface area contributed by atoms with Crippen molar-refractivity contribution < 1.29 is 17.9 Å². The van der Waals surface area contributed by atoms with Crippen LogP contribution in [0.3, 0.4) is 0 Å². The molecule has 1 aliphatic rings. The Morgan fingerprint density at radius 2 is 1.73 bits per heavy atom. The van der Waals surface area contributed by atoms with Crippen LogP contribution in [-0.4, -0.2) is 45.0 Å². The summed E-state index contributed by atoms with van der Waals surface area (Å²) < 4.78 is 32.5. The molecule has 3 aromatic rings. The van der Waals surface area contributed by atoms with Gasteiger partial charge in [0.15, 0.2) is 6.29 Å². The molecule has 2 aromatic carbocycles. The molecule has 0 amide bonds. The molecular weight excluding hydrogens is 352 g/mol. The summed E-state index contributed by atoms with van der Waals surface area (Å²) in [6.45, 7) is 2.85. The van der Waals surface area contributed by atoms with Crippen molar-refractivity contribution in [1.29, 1.82) is 0 Å². The first-order valence-electron chi connectivity index (χ1n) is 8.35. The van der Waals surface area contributed by atoms with E-state index in [9.17, 15) is 13.2 Å². The van der Waals surface area contributed by atoms with Gasteiger partial charge in [-0.1, -0.05) is 18.2 Å². The van der Waals surface area contributed by atoms with E-state index in [1.165, 1.54) is 10.2 Å². The molecule has 6 nitrogen and oxygen atoms in total. The molecule has 2 heterocycles. The monoisotopic (exact) mass is 370 g/mol. The average Bonchev–Trinajstić information content (AvgIpc) is 3.08. The predicted octanol–water partition coefficient (Wildman–Crippen LogP) is 2.53. The van der Waals surface area contributed by atoms with E-state index in [-0.39, 0.29) is 4.90 Å². The number of aldehydes is 1. The van der Waals surface area contributed by atoms with Gasteiger partial charge in [-0.25, -0.2) is 12.4 Å². The SMILES string of the molecule is O=Cc1cn(S(=O)(=O)c2ccccc2)c2ccc(N3CCOCC3)cc12. The number of ether oxygens (including phenoxy) is 1. The molecule has 0 spiro atoms. The smallest absolute Gasteiger partial charge is 0.268 e. The fourth-order valence-corrected chi connectivity index (χ4v) is 4.63. The fraction of sp³-hybridized carbons (Fsp3) is 0.211. The molecule has 0 radical (unpaired) electrons. The van der Waals surface area contributed by atoms with Gasteiger partial charge in [0.05, 0.1) is 23.6 Å². The highest BCUT2D eigenvalue weighted by atomic mass is 32.2. The van der Waals surface area contributed by atoms with Crippen LogP contribution in [0, 0.1) is 0 Å². The number of carbonyl (C=O) groups is 1. The van der Waals surface area contributed by atoms with Crippen molar-refractivity contribution in [3.05, 3.63) is 60.3 Å². The highest BCUT2D eigenvalue weighted by molar-refractivity contribution is 7.90. The minimum atomic E-state index is -3.77. The lowest BCUT2D eigenvalue weighted by Crippen LogP contribution is -2.36. The topological polar surface area (TPSA) is 68.6 Å². The standard InChI is InChI=1S/C19H18N2O4S/c22-14-15-13-21(26(23,24)17-4-2-1-3-5-17)19-7-6-16(12-18(15)19)20-8-10-25-11-9-20/h1-7,12-14H,8-11H2. The van der Waals surface area contributed by atoms with Crippen LogP contribution >= 0.6 is 0 Å². The summed E-state index contributed by atoms with van der Waals surface area (Å²) in [5.41, 5.74) is 1.81. The van der Waals surface area contributed by atoms with Crippen molar-refractivity contribution in [3.63, 3.8) is 0 Å². The normalized spacial score (nSPS) is 15.3. The number of aromatic nitrogens is 1. The summed E-state index contributed by atoms with van der Waals surface area (Å²) in [6, 6.07) is 13.7. The van der Waals surface area contributed by atoms with E-state index < -0.39 is 10.0 Å². The van der Waals surface area contributed by atoms with Gasteiger partial charge in [0.25, 0.3) is 10.0 Å². The number of hydrogen-bond acceptors (Lipinski definition) is 5. The summed E-state index contributed by atoms with van der Waals surface area (Å²) >= 11 is 0. The summed E-state index contributed by atoms with van der Waals surface area (Å²) in [4.78, 5) is 13.9. The number of hydrogen-bond donors (Lipinski definition) is 0. The zero-order valence-electron chi connectivity index (χ0n) is 14.0. The van der Waals surface area contributed by atoms with Gasteiger partial charge in [-0.05, 0) is 30.3 Å². The molecule has 134 valence electrons. The van der Waals surface area contributed by atoms with Crippen LogP contribution in [-0.2, 0) is 14.8 Å². The number of fused-ring (bicyclic) bond motifs is 1. The van der Waals surface area contributed by atoms with Crippen molar-refractivity contribution in [2.45, 2.75) is 4.90 Å². The Morgan fingerprint density at radius 3 is 2.42 bits per heavy atom. The number of anilines is 1. The zero-order chi connectivity index (χ0) is 18.1. The van der Waals surface area contributed by atoms with Crippen LogP contribution < -0.4 is 4.90 Å². The third-order valence-electron chi connectivity index (χ3n) is 4.59. The summed E-state index contributed by atoms with van der Waals surface area (Å²) in [6.07, 6.45) is 2.09. The molecule has 0 atom stereocenters. The second-order valence-corrected chi connectivity index (χ2v) is 7.93. The lowest BCUT2D eigenvalue weighted by atomic mass is 10.1. The Morgan fingerprint density at radius 1 is 1.00 bits per heavy atom. The first-order valence-corrected chi connectivity index (χ1v) is 9.79. The lowest BCUT2D eigenvalue weighted by molar-refractivity contribution is 0.112. The molecule has 1 aliphatic heterocycles. The van der Waals surface area contributed by atoms with E-state index in [4.69, 9.17) is 4.74 Å². The van der Waals surface area contributed by atoms with E-state index in [0.29, 0.717) is 36.0 Å². The highest BCUT2D eigenvalue weighted by Gasteiger charge is 2.22. The number of nitrogens with zero attached hydrogens (tertiary/aromatic N) is 2. The molecular formula is C19H18N2O4S. The maximum atomic E-state index is 13.0. The van der Waals surface area contributed by atoms with Crippen molar-refractivity contribution in [2.24, 2.45) is 0 Å². The van der Waals surface area contributed by atoms with E-state index >= 15 is 0 Å². The molecule has 1 fully saturated rings. The zero-order valence-corrected chi connectivity index (χ0v) is 14.9. The number of morpholine rings is 1. The molecule has 26 heavy (non-hydrogen) atoms. The van der Waals surface area contributed by atoms with Gasteiger partial charge >= 0.3 is 0 Å². The van der Waals surface area contributed by atoms with E-state index in [1.807, 2.05) is 12.1 Å². The lowest BCUT2D eigenvalue weighted by Gasteiger charge is -2.29. The van der Waals surface area contributed by atoms with Crippen molar-refractivity contribution in [3.8, 4) is 0 Å². The van der Waals surface area contributed by atoms with Gasteiger partial charge in [-0.2, -0.15) is 0 Å². The van der Waals surface area contributed by atoms with Crippen molar-refractivity contribution >= 4 is 32.9 Å². The second kappa shape index (κ2) is 6.59. The van der Waals surface area contributed by atoms with Gasteiger partial charge in [-0.3, -0.25) is 4.79 Å². The molecule has 0 unspecified atom stereocenters. The molecule has 0 N–H and O–H groups in total. The average molecular weight is 370 g/mol. The third-order valence-corrected chi connectivity index (χ3v) is 6.28. The van der Waals surface area contributed by atoms with Crippen LogP contribution in [0.25, 0.3) is 10.9 Å². The summed E-state index contributed by atoms with van der Waals surface area (Å²) in [5.74, 6) is 0. The van der Waals surface area contributed by atoms with E-state index in [2.05, 4.69) is 4.90 Å². The Balaban J connectivity index is 1.86. The summed E-state index contributed by atoms with van der Waals surface area (Å²) in [7, 11) is -3.77. The van der Waals surface area contributed by atoms with Crippen LogP contribution in [0.5, 0.6) is 0 Å². The van der Waals surface area contributed by atoms with Crippen molar-refractivity contribution in [2.75, 3.05) is 31.2 Å². The molecule has 1 saturated heterocycles. The second-order valence-electron chi connectivity index (χ2n) is 6.12. The van der Waals surface area contributed by atoms with Gasteiger partial charge in [0.2, 0.25) is 0 Å². The first-order chi connectivity index (χ1) is 12.6. The Hall–Kier alpha value is -2.64.